The average Bonchev–Trinajstić information content (AvgIpc) is 2.08. The quantitative estimate of drug-likeness (QED) is 0.862. The molecule has 1 atom stereocenters. The fraction of sp³-hybridized carbons (Fsp3) is 0.500. The Morgan fingerprint density at radius 3 is 2.38 bits per heavy atom. The highest BCUT2D eigenvalue weighted by Crippen LogP contribution is 2.11. The minimum Gasteiger partial charge on any atom is -0.326 e. The van der Waals surface area contributed by atoms with Crippen molar-refractivity contribution in [3.05, 3.63) is 34.9 Å². The Bertz CT molecular complexity index is 466. The van der Waals surface area contributed by atoms with Crippen molar-refractivity contribution in [2.24, 2.45) is 5.73 Å². The van der Waals surface area contributed by atoms with Gasteiger partial charge in [-0.25, -0.2) is 8.42 Å². The highest BCUT2D eigenvalue weighted by atomic mass is 32.2. The standard InChI is InChI=1S/C12H19NO2S/c1-9-4-5-11(6-10(9)2)7-12(13)8-16(3,14)15/h4-6,12H,7-8,13H2,1-3H3. The molecule has 2 N–H and O–H groups in total. The number of hydrogen-bond donors (Lipinski definition) is 1. The van der Waals surface area contributed by atoms with E-state index in [1.807, 2.05) is 19.1 Å². The molecule has 0 heterocycles. The molecule has 0 bridgehead atoms. The maximum Gasteiger partial charge on any atom is 0.148 e. The predicted octanol–water partition coefficient (Wildman–Crippen LogP) is 1.22. The van der Waals surface area contributed by atoms with Crippen LogP contribution in [0.15, 0.2) is 18.2 Å². The summed E-state index contributed by atoms with van der Waals surface area (Å²) in [6.07, 6.45) is 1.82. The van der Waals surface area contributed by atoms with Gasteiger partial charge in [0.05, 0.1) is 5.75 Å². The van der Waals surface area contributed by atoms with Gasteiger partial charge in [-0.05, 0) is 37.0 Å². The summed E-state index contributed by atoms with van der Waals surface area (Å²) in [5, 5.41) is 0. The van der Waals surface area contributed by atoms with Gasteiger partial charge >= 0.3 is 0 Å². The van der Waals surface area contributed by atoms with Crippen LogP contribution in [0.1, 0.15) is 16.7 Å². The summed E-state index contributed by atoms with van der Waals surface area (Å²) in [5.74, 6) is 0.0416. The molecule has 1 aromatic rings. The van der Waals surface area contributed by atoms with E-state index in [-0.39, 0.29) is 11.8 Å². The van der Waals surface area contributed by atoms with Gasteiger partial charge in [0.25, 0.3) is 0 Å². The Hall–Kier alpha value is -0.870. The summed E-state index contributed by atoms with van der Waals surface area (Å²) in [6, 6.07) is 5.79. The fourth-order valence-electron chi connectivity index (χ4n) is 1.68. The van der Waals surface area contributed by atoms with Gasteiger partial charge in [-0.15, -0.1) is 0 Å². The lowest BCUT2D eigenvalue weighted by atomic mass is 10.0. The van der Waals surface area contributed by atoms with Crippen molar-refractivity contribution in [2.75, 3.05) is 12.0 Å². The van der Waals surface area contributed by atoms with Crippen LogP contribution in [0.25, 0.3) is 0 Å². The topological polar surface area (TPSA) is 60.2 Å². The molecule has 0 amide bonds. The Morgan fingerprint density at radius 2 is 1.88 bits per heavy atom. The third-order valence-corrected chi connectivity index (χ3v) is 3.62. The zero-order valence-corrected chi connectivity index (χ0v) is 10.8. The monoisotopic (exact) mass is 241 g/mol. The highest BCUT2D eigenvalue weighted by molar-refractivity contribution is 7.90. The molecule has 1 aromatic carbocycles. The van der Waals surface area contributed by atoms with Gasteiger partial charge in [0, 0.05) is 12.3 Å². The molecule has 4 heteroatoms. The molecule has 0 saturated carbocycles. The van der Waals surface area contributed by atoms with Crippen LogP contribution in [0.4, 0.5) is 0 Å². The van der Waals surface area contributed by atoms with E-state index in [1.54, 1.807) is 0 Å². The summed E-state index contributed by atoms with van der Waals surface area (Å²) < 4.78 is 22.1. The maximum absolute atomic E-state index is 11.1. The van der Waals surface area contributed by atoms with Gasteiger partial charge in [-0.1, -0.05) is 18.2 Å². The molecule has 3 nitrogen and oxygen atoms in total. The lowest BCUT2D eigenvalue weighted by molar-refractivity contribution is 0.591. The first-order chi connectivity index (χ1) is 7.28. The van der Waals surface area contributed by atoms with E-state index in [4.69, 9.17) is 5.73 Å². The van der Waals surface area contributed by atoms with Crippen LogP contribution in [0.3, 0.4) is 0 Å². The summed E-state index contributed by atoms with van der Waals surface area (Å²) in [5.41, 5.74) is 9.35. The molecule has 90 valence electrons. The molecule has 16 heavy (non-hydrogen) atoms. The lowest BCUT2D eigenvalue weighted by Crippen LogP contribution is -2.31. The number of rotatable bonds is 4. The molecule has 0 aromatic heterocycles. The minimum absolute atomic E-state index is 0.0416. The molecule has 1 unspecified atom stereocenters. The van der Waals surface area contributed by atoms with Crippen LogP contribution >= 0.6 is 0 Å². The van der Waals surface area contributed by atoms with Crippen molar-refractivity contribution in [2.45, 2.75) is 26.3 Å². The van der Waals surface area contributed by atoms with Gasteiger partial charge in [-0.3, -0.25) is 0 Å². The summed E-state index contributed by atoms with van der Waals surface area (Å²) in [4.78, 5) is 0. The molecule has 0 fully saturated rings. The molecule has 0 aliphatic rings. The molecule has 0 saturated heterocycles. The van der Waals surface area contributed by atoms with Crippen molar-refractivity contribution in [3.63, 3.8) is 0 Å². The first-order valence-electron chi connectivity index (χ1n) is 5.27. The van der Waals surface area contributed by atoms with Crippen LogP contribution in [-0.4, -0.2) is 26.5 Å². The average molecular weight is 241 g/mol. The van der Waals surface area contributed by atoms with Crippen LogP contribution in [0.2, 0.25) is 0 Å². The van der Waals surface area contributed by atoms with E-state index in [2.05, 4.69) is 13.0 Å². The minimum atomic E-state index is -2.99. The van der Waals surface area contributed by atoms with Gasteiger partial charge in [0.2, 0.25) is 0 Å². The van der Waals surface area contributed by atoms with Gasteiger partial charge in [-0.2, -0.15) is 0 Å². The van der Waals surface area contributed by atoms with Gasteiger partial charge in [0.1, 0.15) is 9.84 Å². The molecular formula is C12H19NO2S. The maximum atomic E-state index is 11.1. The Kier molecular flexibility index (Phi) is 4.10. The third-order valence-electron chi connectivity index (χ3n) is 2.59. The fourth-order valence-corrected chi connectivity index (χ4v) is 2.58. The van der Waals surface area contributed by atoms with E-state index < -0.39 is 9.84 Å². The first kappa shape index (κ1) is 13.2. The van der Waals surface area contributed by atoms with Crippen molar-refractivity contribution in [1.82, 2.24) is 0 Å². The second kappa shape index (κ2) is 4.97. The number of hydrogen-bond acceptors (Lipinski definition) is 3. The Morgan fingerprint density at radius 1 is 1.25 bits per heavy atom. The number of sulfone groups is 1. The van der Waals surface area contributed by atoms with Crippen molar-refractivity contribution in [1.29, 1.82) is 0 Å². The summed E-state index contributed by atoms with van der Waals surface area (Å²) >= 11 is 0. The van der Waals surface area contributed by atoms with Crippen LogP contribution in [-0.2, 0) is 16.3 Å². The largest absolute Gasteiger partial charge is 0.326 e. The molecule has 0 aliphatic heterocycles. The van der Waals surface area contributed by atoms with E-state index in [0.717, 1.165) is 5.56 Å². The zero-order valence-electron chi connectivity index (χ0n) is 10.0. The van der Waals surface area contributed by atoms with E-state index in [1.165, 1.54) is 17.4 Å². The van der Waals surface area contributed by atoms with Crippen LogP contribution in [0, 0.1) is 13.8 Å². The van der Waals surface area contributed by atoms with E-state index in [9.17, 15) is 8.42 Å². The molecule has 0 radical (unpaired) electrons. The van der Waals surface area contributed by atoms with E-state index in [0.29, 0.717) is 6.42 Å². The Balaban J connectivity index is 2.70. The first-order valence-corrected chi connectivity index (χ1v) is 7.33. The van der Waals surface area contributed by atoms with Gasteiger partial charge in [0.15, 0.2) is 0 Å². The Labute approximate surface area is 97.6 Å². The molecular weight excluding hydrogens is 222 g/mol. The summed E-state index contributed by atoms with van der Waals surface area (Å²) in [6.45, 7) is 4.09. The van der Waals surface area contributed by atoms with Gasteiger partial charge < -0.3 is 5.73 Å². The number of aryl methyl sites for hydroxylation is 2. The summed E-state index contributed by atoms with van der Waals surface area (Å²) in [7, 11) is -2.99. The zero-order chi connectivity index (χ0) is 12.3. The van der Waals surface area contributed by atoms with Crippen LogP contribution < -0.4 is 5.73 Å². The van der Waals surface area contributed by atoms with E-state index >= 15 is 0 Å². The smallest absolute Gasteiger partial charge is 0.148 e. The van der Waals surface area contributed by atoms with Crippen molar-refractivity contribution < 1.29 is 8.42 Å². The van der Waals surface area contributed by atoms with Crippen molar-refractivity contribution >= 4 is 9.84 Å². The molecule has 0 spiro atoms. The predicted molar refractivity (Wildman–Crippen MR) is 67.3 cm³/mol. The highest BCUT2D eigenvalue weighted by Gasteiger charge is 2.11. The normalized spacial score (nSPS) is 13.8. The molecule has 0 aliphatic carbocycles. The molecule has 1 rings (SSSR count). The lowest BCUT2D eigenvalue weighted by Gasteiger charge is -2.11. The second-order valence-electron chi connectivity index (χ2n) is 4.48. The second-order valence-corrected chi connectivity index (χ2v) is 6.66. The third kappa shape index (κ3) is 4.33. The number of benzene rings is 1. The van der Waals surface area contributed by atoms with Crippen molar-refractivity contribution in [3.8, 4) is 0 Å². The SMILES string of the molecule is Cc1ccc(CC(N)CS(C)(=O)=O)cc1C. The van der Waals surface area contributed by atoms with Crippen LogP contribution in [0.5, 0.6) is 0 Å². The number of nitrogens with two attached hydrogens (primary N) is 1.